The minimum absolute atomic E-state index is 0.228. The molecule has 0 aromatic heterocycles. The SMILES string of the molecule is COCCN1C(=O)C[C@H]2[C@H](CNC(=O)C3CCCC3)[C@@H](C)C[C@H]21. The fourth-order valence-corrected chi connectivity index (χ4v) is 4.97. The van der Waals surface area contributed by atoms with Crippen molar-refractivity contribution in [2.45, 2.75) is 51.5 Å². The van der Waals surface area contributed by atoms with Gasteiger partial charge in [0.25, 0.3) is 0 Å². The topological polar surface area (TPSA) is 58.6 Å². The summed E-state index contributed by atoms with van der Waals surface area (Å²) in [5, 5.41) is 3.19. The maximum Gasteiger partial charge on any atom is 0.223 e. The van der Waals surface area contributed by atoms with Crippen LogP contribution in [-0.2, 0) is 14.3 Å². The summed E-state index contributed by atoms with van der Waals surface area (Å²) in [6, 6.07) is 0.348. The highest BCUT2D eigenvalue weighted by atomic mass is 16.5. The number of hydrogen-bond donors (Lipinski definition) is 1. The first-order chi connectivity index (χ1) is 11.1. The van der Waals surface area contributed by atoms with Gasteiger partial charge in [-0.2, -0.15) is 0 Å². The van der Waals surface area contributed by atoms with Crippen molar-refractivity contribution in [2.75, 3.05) is 26.8 Å². The van der Waals surface area contributed by atoms with Gasteiger partial charge in [0, 0.05) is 38.6 Å². The Hall–Kier alpha value is -1.10. The van der Waals surface area contributed by atoms with Gasteiger partial charge in [0.15, 0.2) is 0 Å². The standard InChI is InChI=1S/C18H30N2O3/c1-12-9-16-14(10-17(21)20(16)7-8-23-2)15(12)11-19-18(22)13-5-3-4-6-13/h12-16H,3-11H2,1-2H3,(H,19,22)/t12-,14-,15+,16+/m0/s1. The van der Waals surface area contributed by atoms with Gasteiger partial charge in [-0.15, -0.1) is 0 Å². The smallest absolute Gasteiger partial charge is 0.223 e. The Kier molecular flexibility index (Phi) is 5.24. The quantitative estimate of drug-likeness (QED) is 0.811. The molecule has 1 heterocycles. The summed E-state index contributed by atoms with van der Waals surface area (Å²) in [5.41, 5.74) is 0. The largest absolute Gasteiger partial charge is 0.383 e. The molecule has 1 N–H and O–H groups in total. The Morgan fingerprint density at radius 2 is 2.09 bits per heavy atom. The van der Waals surface area contributed by atoms with E-state index in [0.29, 0.717) is 43.4 Å². The summed E-state index contributed by atoms with van der Waals surface area (Å²) in [5.74, 6) is 2.12. The summed E-state index contributed by atoms with van der Waals surface area (Å²) in [6.45, 7) is 4.31. The predicted octanol–water partition coefficient (Wildman–Crippen LogP) is 1.81. The fourth-order valence-electron chi connectivity index (χ4n) is 4.97. The van der Waals surface area contributed by atoms with Crippen LogP contribution in [0.3, 0.4) is 0 Å². The number of carbonyl (C=O) groups is 2. The third-order valence-corrected chi connectivity index (χ3v) is 6.29. The van der Waals surface area contributed by atoms with E-state index < -0.39 is 0 Å². The molecular weight excluding hydrogens is 292 g/mol. The van der Waals surface area contributed by atoms with Gasteiger partial charge in [0.2, 0.25) is 11.8 Å². The molecule has 4 atom stereocenters. The zero-order chi connectivity index (χ0) is 16.4. The van der Waals surface area contributed by atoms with Crippen molar-refractivity contribution < 1.29 is 14.3 Å². The van der Waals surface area contributed by atoms with Gasteiger partial charge in [-0.3, -0.25) is 9.59 Å². The van der Waals surface area contributed by atoms with Crippen LogP contribution >= 0.6 is 0 Å². The zero-order valence-corrected chi connectivity index (χ0v) is 14.4. The summed E-state index contributed by atoms with van der Waals surface area (Å²) < 4.78 is 5.14. The Bertz CT molecular complexity index is 448. The number of methoxy groups -OCH3 is 1. The minimum atomic E-state index is 0.228. The van der Waals surface area contributed by atoms with Gasteiger partial charge in [0.1, 0.15) is 0 Å². The number of nitrogens with zero attached hydrogens (tertiary/aromatic N) is 1. The van der Waals surface area contributed by atoms with E-state index in [0.717, 1.165) is 25.8 Å². The Morgan fingerprint density at radius 3 is 2.78 bits per heavy atom. The lowest BCUT2D eigenvalue weighted by atomic mass is 9.88. The first-order valence-electron chi connectivity index (χ1n) is 9.18. The van der Waals surface area contributed by atoms with Crippen LogP contribution < -0.4 is 5.32 Å². The lowest BCUT2D eigenvalue weighted by Gasteiger charge is -2.24. The highest BCUT2D eigenvalue weighted by molar-refractivity contribution is 5.80. The molecule has 23 heavy (non-hydrogen) atoms. The van der Waals surface area contributed by atoms with E-state index in [4.69, 9.17) is 4.74 Å². The summed E-state index contributed by atoms with van der Waals surface area (Å²) in [4.78, 5) is 26.6. The second-order valence-electron chi connectivity index (χ2n) is 7.62. The van der Waals surface area contributed by atoms with Crippen LogP contribution in [0.4, 0.5) is 0 Å². The molecule has 0 spiro atoms. The normalized spacial score (nSPS) is 34.2. The molecule has 0 unspecified atom stereocenters. The molecule has 130 valence electrons. The number of hydrogen-bond acceptors (Lipinski definition) is 3. The van der Waals surface area contributed by atoms with E-state index in [-0.39, 0.29) is 17.7 Å². The Morgan fingerprint density at radius 1 is 1.35 bits per heavy atom. The van der Waals surface area contributed by atoms with Crippen molar-refractivity contribution in [2.24, 2.45) is 23.7 Å². The third-order valence-electron chi connectivity index (χ3n) is 6.29. The van der Waals surface area contributed by atoms with E-state index in [1.54, 1.807) is 7.11 Å². The van der Waals surface area contributed by atoms with Gasteiger partial charge >= 0.3 is 0 Å². The highest BCUT2D eigenvalue weighted by Crippen LogP contribution is 2.45. The van der Waals surface area contributed by atoms with Crippen molar-refractivity contribution in [3.05, 3.63) is 0 Å². The maximum absolute atomic E-state index is 12.3. The van der Waals surface area contributed by atoms with Gasteiger partial charge in [-0.25, -0.2) is 0 Å². The molecule has 1 aliphatic heterocycles. The number of nitrogens with one attached hydrogen (secondary N) is 1. The lowest BCUT2D eigenvalue weighted by Crippen LogP contribution is -2.37. The minimum Gasteiger partial charge on any atom is -0.383 e. The van der Waals surface area contributed by atoms with Gasteiger partial charge in [-0.05, 0) is 37.0 Å². The van der Waals surface area contributed by atoms with Crippen LogP contribution in [0.15, 0.2) is 0 Å². The van der Waals surface area contributed by atoms with Crippen LogP contribution in [0.1, 0.15) is 45.4 Å². The van der Waals surface area contributed by atoms with Crippen LogP contribution in [-0.4, -0.2) is 49.6 Å². The second-order valence-corrected chi connectivity index (χ2v) is 7.62. The van der Waals surface area contributed by atoms with E-state index in [1.807, 2.05) is 4.90 Å². The molecular formula is C18H30N2O3. The number of fused-ring (bicyclic) bond motifs is 1. The molecule has 0 aromatic carbocycles. The number of amides is 2. The molecule has 5 heteroatoms. The number of ether oxygens (including phenoxy) is 1. The maximum atomic E-state index is 12.3. The molecule has 3 aliphatic rings. The highest BCUT2D eigenvalue weighted by Gasteiger charge is 2.50. The van der Waals surface area contributed by atoms with Crippen LogP contribution in [0.25, 0.3) is 0 Å². The molecule has 5 nitrogen and oxygen atoms in total. The molecule has 2 amide bonds. The predicted molar refractivity (Wildman–Crippen MR) is 87.7 cm³/mol. The van der Waals surface area contributed by atoms with Crippen molar-refractivity contribution in [1.82, 2.24) is 10.2 Å². The Balaban J connectivity index is 1.56. The summed E-state index contributed by atoms with van der Waals surface area (Å²) >= 11 is 0. The third kappa shape index (κ3) is 3.39. The Labute approximate surface area is 139 Å². The first kappa shape index (κ1) is 16.7. The van der Waals surface area contributed by atoms with Crippen LogP contribution in [0.5, 0.6) is 0 Å². The molecule has 1 saturated heterocycles. The van der Waals surface area contributed by atoms with Crippen LogP contribution in [0, 0.1) is 23.7 Å². The monoisotopic (exact) mass is 322 g/mol. The molecule has 2 saturated carbocycles. The van der Waals surface area contributed by atoms with Crippen molar-refractivity contribution in [3.63, 3.8) is 0 Å². The van der Waals surface area contributed by atoms with Crippen molar-refractivity contribution in [3.8, 4) is 0 Å². The van der Waals surface area contributed by atoms with E-state index in [2.05, 4.69) is 12.2 Å². The molecule has 2 aliphatic carbocycles. The average molecular weight is 322 g/mol. The van der Waals surface area contributed by atoms with Crippen LogP contribution in [0.2, 0.25) is 0 Å². The summed E-state index contributed by atoms with van der Waals surface area (Å²) in [6.07, 6.45) is 6.16. The number of carbonyl (C=O) groups excluding carboxylic acids is 2. The lowest BCUT2D eigenvalue weighted by molar-refractivity contribution is -0.129. The first-order valence-corrected chi connectivity index (χ1v) is 9.18. The van der Waals surface area contributed by atoms with E-state index in [9.17, 15) is 9.59 Å². The molecule has 3 rings (SSSR count). The van der Waals surface area contributed by atoms with Crippen molar-refractivity contribution >= 4 is 11.8 Å². The molecule has 0 aromatic rings. The van der Waals surface area contributed by atoms with Crippen molar-refractivity contribution in [1.29, 1.82) is 0 Å². The number of likely N-dealkylation sites (tertiary alicyclic amines) is 1. The molecule has 3 fully saturated rings. The van der Waals surface area contributed by atoms with Gasteiger partial charge in [-0.1, -0.05) is 19.8 Å². The zero-order valence-electron chi connectivity index (χ0n) is 14.4. The molecule has 0 bridgehead atoms. The molecule has 0 radical (unpaired) electrons. The van der Waals surface area contributed by atoms with E-state index >= 15 is 0 Å². The second kappa shape index (κ2) is 7.20. The fraction of sp³-hybridized carbons (Fsp3) is 0.889. The number of rotatable bonds is 6. The van der Waals surface area contributed by atoms with Gasteiger partial charge in [0.05, 0.1) is 6.61 Å². The average Bonchev–Trinajstić information content (AvgIpc) is 3.21. The van der Waals surface area contributed by atoms with Gasteiger partial charge < -0.3 is 15.0 Å². The van der Waals surface area contributed by atoms with E-state index in [1.165, 1.54) is 12.8 Å². The summed E-state index contributed by atoms with van der Waals surface area (Å²) in [7, 11) is 1.68.